The highest BCUT2D eigenvalue weighted by Gasteiger charge is 2.14. The topological polar surface area (TPSA) is 70.2 Å². The van der Waals surface area contributed by atoms with Crippen LogP contribution in [0, 0.1) is 15.5 Å². The molecule has 0 unspecified atom stereocenters. The molecule has 0 aromatic heterocycles. The number of hydrogen-bond donors (Lipinski definition) is 1. The Kier molecular flexibility index (Phi) is 3.46. The lowest BCUT2D eigenvalue weighted by Gasteiger charge is -2.14. The number of benzene rings is 2. The number of nitrogens with zero attached hydrogens (tertiary/aromatic N) is 2. The van der Waals surface area contributed by atoms with Crippen molar-refractivity contribution in [3.05, 3.63) is 52.1 Å². The summed E-state index contributed by atoms with van der Waals surface area (Å²) in [5, 5.41) is 20.4. The summed E-state index contributed by atoms with van der Waals surface area (Å²) in [5.41, 5.74) is 1.04. The van der Waals surface area contributed by atoms with Gasteiger partial charge < -0.3 is 4.90 Å². The molecule has 5 heteroatoms. The fraction of sp³-hybridized carbons (Fsp3) is 0.214. The van der Waals surface area contributed by atoms with Crippen LogP contribution < -0.4 is 0 Å². The van der Waals surface area contributed by atoms with E-state index in [1.165, 1.54) is 6.07 Å². The number of likely N-dealkylation sites (N-methyl/N-ethyl adjacent to an activating group) is 1. The number of hydrogen-bond acceptors (Lipinski definition) is 3. The molecule has 0 heterocycles. The van der Waals surface area contributed by atoms with Gasteiger partial charge in [0.05, 0.1) is 16.1 Å². The zero-order valence-electron chi connectivity index (χ0n) is 10.9. The molecule has 0 atom stereocenters. The van der Waals surface area contributed by atoms with Gasteiger partial charge in [0.1, 0.15) is 0 Å². The second-order valence-corrected chi connectivity index (χ2v) is 4.56. The second-order valence-electron chi connectivity index (χ2n) is 4.56. The van der Waals surface area contributed by atoms with E-state index in [2.05, 4.69) is 0 Å². The molecule has 0 spiro atoms. The maximum absolute atomic E-state index is 11.0. The van der Waals surface area contributed by atoms with Crippen molar-refractivity contribution in [2.45, 2.75) is 6.42 Å². The van der Waals surface area contributed by atoms with E-state index in [1.54, 1.807) is 23.1 Å². The second kappa shape index (κ2) is 5.06. The van der Waals surface area contributed by atoms with Crippen LogP contribution in [-0.2, 0) is 6.42 Å². The van der Waals surface area contributed by atoms with E-state index < -0.39 is 0 Å². The standard InChI is InChI=1S/C14H15N3O2/c1-16(2)14(15)9-10-7-8-13(17(18)19)12-6-4-3-5-11(10)12/h3-8,15H,9H2,1-2H3. The van der Waals surface area contributed by atoms with Crippen LogP contribution in [0.3, 0.4) is 0 Å². The van der Waals surface area contributed by atoms with Gasteiger partial charge in [-0.15, -0.1) is 0 Å². The predicted molar refractivity (Wildman–Crippen MR) is 75.7 cm³/mol. The summed E-state index contributed by atoms with van der Waals surface area (Å²) in [5.74, 6) is 0.471. The molecule has 1 N–H and O–H groups in total. The van der Waals surface area contributed by atoms with Crippen molar-refractivity contribution in [1.29, 1.82) is 5.41 Å². The fourth-order valence-corrected chi connectivity index (χ4v) is 2.00. The molecule has 0 saturated carbocycles. The van der Waals surface area contributed by atoms with Crippen molar-refractivity contribution in [3.63, 3.8) is 0 Å². The van der Waals surface area contributed by atoms with Gasteiger partial charge in [-0.3, -0.25) is 15.5 Å². The van der Waals surface area contributed by atoms with Gasteiger partial charge in [-0.25, -0.2) is 0 Å². The summed E-state index contributed by atoms with van der Waals surface area (Å²) >= 11 is 0. The van der Waals surface area contributed by atoms with E-state index in [1.807, 2.05) is 26.2 Å². The number of fused-ring (bicyclic) bond motifs is 1. The third kappa shape index (κ3) is 2.54. The van der Waals surface area contributed by atoms with Crippen LogP contribution in [0.2, 0.25) is 0 Å². The molecule has 0 bridgehead atoms. The predicted octanol–water partition coefficient (Wildman–Crippen LogP) is 2.83. The molecule has 98 valence electrons. The number of nitro benzene ring substituents is 1. The van der Waals surface area contributed by atoms with E-state index in [9.17, 15) is 10.1 Å². The number of non-ortho nitro benzene ring substituents is 1. The first-order valence-corrected chi connectivity index (χ1v) is 5.90. The summed E-state index contributed by atoms with van der Waals surface area (Å²) in [7, 11) is 3.63. The molecular weight excluding hydrogens is 242 g/mol. The Morgan fingerprint density at radius 1 is 1.21 bits per heavy atom. The van der Waals surface area contributed by atoms with Crippen LogP contribution in [-0.4, -0.2) is 29.8 Å². The Labute approximate surface area is 111 Å². The minimum absolute atomic E-state index is 0.107. The molecule has 2 aromatic carbocycles. The summed E-state index contributed by atoms with van der Waals surface area (Å²) < 4.78 is 0. The van der Waals surface area contributed by atoms with E-state index in [-0.39, 0.29) is 10.6 Å². The van der Waals surface area contributed by atoms with Crippen molar-refractivity contribution in [1.82, 2.24) is 4.90 Å². The monoisotopic (exact) mass is 257 g/mol. The number of nitro groups is 1. The summed E-state index contributed by atoms with van der Waals surface area (Å²) in [4.78, 5) is 12.4. The highest BCUT2D eigenvalue weighted by atomic mass is 16.6. The zero-order chi connectivity index (χ0) is 14.0. The number of nitrogens with one attached hydrogen (secondary N) is 1. The average Bonchev–Trinajstić information content (AvgIpc) is 2.38. The van der Waals surface area contributed by atoms with Crippen LogP contribution in [0.5, 0.6) is 0 Å². The van der Waals surface area contributed by atoms with Gasteiger partial charge in [-0.2, -0.15) is 0 Å². The third-order valence-electron chi connectivity index (χ3n) is 3.09. The summed E-state index contributed by atoms with van der Waals surface area (Å²) in [6, 6.07) is 10.5. The molecule has 0 saturated heterocycles. The quantitative estimate of drug-likeness (QED) is 0.398. The molecule has 0 aliphatic heterocycles. The summed E-state index contributed by atoms with van der Waals surface area (Å²) in [6.07, 6.45) is 0.464. The first-order valence-electron chi connectivity index (χ1n) is 5.90. The molecule has 0 aliphatic carbocycles. The smallest absolute Gasteiger partial charge is 0.277 e. The molecular formula is C14H15N3O2. The lowest BCUT2D eigenvalue weighted by molar-refractivity contribution is -0.383. The molecule has 0 amide bonds. The number of rotatable bonds is 3. The van der Waals surface area contributed by atoms with Gasteiger partial charge in [0.15, 0.2) is 0 Å². The Morgan fingerprint density at radius 3 is 2.42 bits per heavy atom. The zero-order valence-corrected chi connectivity index (χ0v) is 10.9. The largest absolute Gasteiger partial charge is 0.366 e. The van der Waals surface area contributed by atoms with Crippen molar-refractivity contribution in [3.8, 4) is 0 Å². The number of amidine groups is 1. The fourth-order valence-electron chi connectivity index (χ4n) is 2.00. The van der Waals surface area contributed by atoms with E-state index in [0.29, 0.717) is 17.6 Å². The van der Waals surface area contributed by atoms with Crippen LogP contribution in [0.15, 0.2) is 36.4 Å². The van der Waals surface area contributed by atoms with Crippen molar-refractivity contribution in [2.24, 2.45) is 0 Å². The lowest BCUT2D eigenvalue weighted by atomic mass is 10.00. The van der Waals surface area contributed by atoms with Crippen molar-refractivity contribution >= 4 is 22.3 Å². The normalized spacial score (nSPS) is 10.4. The third-order valence-corrected chi connectivity index (χ3v) is 3.09. The lowest BCUT2D eigenvalue weighted by Crippen LogP contribution is -2.22. The molecule has 0 fully saturated rings. The van der Waals surface area contributed by atoms with Crippen LogP contribution >= 0.6 is 0 Å². The first-order chi connectivity index (χ1) is 9.00. The van der Waals surface area contributed by atoms with Crippen molar-refractivity contribution in [2.75, 3.05) is 14.1 Å². The van der Waals surface area contributed by atoms with Gasteiger partial charge in [0, 0.05) is 26.6 Å². The Bertz CT molecular complexity index is 650. The van der Waals surface area contributed by atoms with Gasteiger partial charge in [0.25, 0.3) is 5.69 Å². The Hall–Kier alpha value is -2.43. The maximum Gasteiger partial charge on any atom is 0.277 e. The van der Waals surface area contributed by atoms with Crippen LogP contribution in [0.4, 0.5) is 5.69 Å². The molecule has 19 heavy (non-hydrogen) atoms. The molecule has 2 aromatic rings. The van der Waals surface area contributed by atoms with Gasteiger partial charge in [0.2, 0.25) is 0 Å². The molecule has 0 radical (unpaired) electrons. The first kappa shape index (κ1) is 13.0. The molecule has 5 nitrogen and oxygen atoms in total. The Morgan fingerprint density at radius 2 is 1.84 bits per heavy atom. The van der Waals surface area contributed by atoms with Gasteiger partial charge in [-0.1, -0.05) is 24.3 Å². The summed E-state index contributed by atoms with van der Waals surface area (Å²) in [6.45, 7) is 0. The van der Waals surface area contributed by atoms with Crippen LogP contribution in [0.25, 0.3) is 10.8 Å². The van der Waals surface area contributed by atoms with Gasteiger partial charge >= 0.3 is 0 Å². The van der Waals surface area contributed by atoms with E-state index >= 15 is 0 Å². The highest BCUT2D eigenvalue weighted by molar-refractivity contribution is 5.96. The highest BCUT2D eigenvalue weighted by Crippen LogP contribution is 2.28. The molecule has 0 aliphatic rings. The molecule has 2 rings (SSSR count). The maximum atomic E-state index is 11.0. The Balaban J connectivity index is 2.56. The van der Waals surface area contributed by atoms with E-state index in [0.717, 1.165) is 10.9 Å². The SMILES string of the molecule is CN(C)C(=N)Cc1ccc([N+](=O)[O-])c2ccccc12. The minimum Gasteiger partial charge on any atom is -0.366 e. The van der Waals surface area contributed by atoms with Gasteiger partial charge in [-0.05, 0) is 17.0 Å². The minimum atomic E-state index is -0.372. The van der Waals surface area contributed by atoms with E-state index in [4.69, 9.17) is 5.41 Å². The van der Waals surface area contributed by atoms with Crippen LogP contribution in [0.1, 0.15) is 5.56 Å². The van der Waals surface area contributed by atoms with Crippen molar-refractivity contribution < 1.29 is 4.92 Å². The average molecular weight is 257 g/mol.